The van der Waals surface area contributed by atoms with Crippen LogP contribution in [0, 0.1) is 12.8 Å². The number of likely N-dealkylation sites (tertiary alicyclic amines) is 1. The number of nitrogens with zero attached hydrogens (tertiary/aromatic N) is 5. The summed E-state index contributed by atoms with van der Waals surface area (Å²) in [7, 11) is 1.86. The average Bonchev–Trinajstić information content (AvgIpc) is 3.53. The molecule has 1 aromatic carbocycles. The van der Waals surface area contributed by atoms with E-state index >= 15 is 0 Å². The summed E-state index contributed by atoms with van der Waals surface area (Å²) in [5.74, 6) is 0.280. The lowest BCUT2D eigenvalue weighted by atomic mass is 9.98. The number of pyridine rings is 1. The Morgan fingerprint density at radius 1 is 1.13 bits per heavy atom. The van der Waals surface area contributed by atoms with Crippen molar-refractivity contribution in [2.75, 3.05) is 49.6 Å². The molecule has 4 heterocycles. The minimum Gasteiger partial charge on any atom is -0.378 e. The second kappa shape index (κ2) is 10.6. The van der Waals surface area contributed by atoms with Gasteiger partial charge in [-0.25, -0.2) is 9.78 Å². The van der Waals surface area contributed by atoms with Crippen LogP contribution in [0.5, 0.6) is 0 Å². The van der Waals surface area contributed by atoms with E-state index in [0.29, 0.717) is 31.9 Å². The van der Waals surface area contributed by atoms with Crippen LogP contribution in [0.3, 0.4) is 0 Å². The van der Waals surface area contributed by atoms with Crippen LogP contribution in [0.15, 0.2) is 42.7 Å². The normalized spacial score (nSPS) is 18.2. The number of aryl methyl sites for hydroxylation is 2. The quantitative estimate of drug-likeness (QED) is 0.499. The molecule has 0 aliphatic carbocycles. The number of alkyl halides is 3. The summed E-state index contributed by atoms with van der Waals surface area (Å²) in [5.41, 5.74) is 5.17. The van der Waals surface area contributed by atoms with Crippen LogP contribution < -0.4 is 10.2 Å². The van der Waals surface area contributed by atoms with E-state index in [1.807, 2.05) is 50.5 Å². The molecule has 0 saturated carbocycles. The molecule has 1 atom stereocenters. The molecule has 2 amide bonds. The maximum Gasteiger partial charge on any atom is 0.389 e. The van der Waals surface area contributed by atoms with Crippen LogP contribution in [-0.2, 0) is 11.8 Å². The van der Waals surface area contributed by atoms with Crippen molar-refractivity contribution >= 4 is 17.5 Å². The number of anilines is 2. The van der Waals surface area contributed by atoms with Gasteiger partial charge in [0.2, 0.25) is 0 Å². The fourth-order valence-electron chi connectivity index (χ4n) is 5.05. The number of carbonyl (C=O) groups is 1. The number of benzene rings is 1. The van der Waals surface area contributed by atoms with Crippen molar-refractivity contribution in [1.82, 2.24) is 19.7 Å². The first kappa shape index (κ1) is 26.0. The number of amides is 2. The molecule has 3 aromatic rings. The second-order valence-electron chi connectivity index (χ2n) is 9.98. The highest BCUT2D eigenvalue weighted by Gasteiger charge is 2.36. The lowest BCUT2D eigenvalue weighted by Gasteiger charge is -2.28. The minimum atomic E-state index is -4.22. The van der Waals surface area contributed by atoms with Crippen molar-refractivity contribution in [3.63, 3.8) is 0 Å². The summed E-state index contributed by atoms with van der Waals surface area (Å²) >= 11 is 0. The first-order valence-corrected chi connectivity index (χ1v) is 12.7. The number of hydrogen-bond donors (Lipinski definition) is 1. The van der Waals surface area contributed by atoms with Crippen molar-refractivity contribution < 1.29 is 22.7 Å². The van der Waals surface area contributed by atoms with E-state index in [1.54, 1.807) is 10.9 Å². The van der Waals surface area contributed by atoms with Gasteiger partial charge in [-0.05, 0) is 60.2 Å². The Balaban J connectivity index is 1.41. The van der Waals surface area contributed by atoms with Gasteiger partial charge in [0.05, 0.1) is 25.1 Å². The Morgan fingerprint density at radius 2 is 1.92 bits per heavy atom. The first-order chi connectivity index (χ1) is 18.1. The van der Waals surface area contributed by atoms with Gasteiger partial charge in [-0.2, -0.15) is 18.3 Å². The highest BCUT2D eigenvalue weighted by atomic mass is 19.4. The van der Waals surface area contributed by atoms with Gasteiger partial charge >= 0.3 is 12.2 Å². The first-order valence-electron chi connectivity index (χ1n) is 12.7. The fourth-order valence-corrected chi connectivity index (χ4v) is 5.05. The second-order valence-corrected chi connectivity index (χ2v) is 9.98. The largest absolute Gasteiger partial charge is 0.389 e. The van der Waals surface area contributed by atoms with E-state index < -0.39 is 18.5 Å². The Hall–Kier alpha value is -3.60. The maximum atomic E-state index is 12.9. The molecule has 2 fully saturated rings. The van der Waals surface area contributed by atoms with Gasteiger partial charge in [-0.1, -0.05) is 6.07 Å². The molecule has 8 nitrogen and oxygen atoms in total. The lowest BCUT2D eigenvalue weighted by molar-refractivity contribution is -0.143. The zero-order valence-corrected chi connectivity index (χ0v) is 21.5. The van der Waals surface area contributed by atoms with E-state index in [4.69, 9.17) is 9.72 Å². The number of aromatic nitrogens is 3. The zero-order valence-electron chi connectivity index (χ0n) is 21.5. The minimum absolute atomic E-state index is 0.103. The van der Waals surface area contributed by atoms with Gasteiger partial charge in [0.25, 0.3) is 0 Å². The third-order valence-corrected chi connectivity index (χ3v) is 7.04. The topological polar surface area (TPSA) is 75.5 Å². The molecule has 0 spiro atoms. The molecule has 1 N–H and O–H groups in total. The summed E-state index contributed by atoms with van der Waals surface area (Å²) < 4.78 is 45.6. The third-order valence-electron chi connectivity index (χ3n) is 7.04. The Bertz CT molecular complexity index is 1300. The SMILES string of the molecule is Cc1ccc(NC(=O)N2CC[C@@H](CC(F)(F)F)C2)cc1-c1cc(-c2cnn(C)c2)nc(N2CCOCC2)c1. The zero-order chi connectivity index (χ0) is 26.9. The molecule has 2 aromatic heterocycles. The van der Waals surface area contributed by atoms with E-state index in [9.17, 15) is 18.0 Å². The monoisotopic (exact) mass is 528 g/mol. The van der Waals surface area contributed by atoms with Crippen molar-refractivity contribution in [2.24, 2.45) is 13.0 Å². The van der Waals surface area contributed by atoms with Crippen LogP contribution in [0.25, 0.3) is 22.4 Å². The predicted octanol–water partition coefficient (Wildman–Crippen LogP) is 5.10. The highest BCUT2D eigenvalue weighted by molar-refractivity contribution is 5.91. The van der Waals surface area contributed by atoms with Crippen molar-refractivity contribution in [2.45, 2.75) is 25.9 Å². The summed E-state index contributed by atoms with van der Waals surface area (Å²) in [6.45, 7) is 5.16. The molecule has 38 heavy (non-hydrogen) atoms. The van der Waals surface area contributed by atoms with Crippen molar-refractivity contribution in [1.29, 1.82) is 0 Å². The predicted molar refractivity (Wildman–Crippen MR) is 139 cm³/mol. The van der Waals surface area contributed by atoms with Crippen molar-refractivity contribution in [3.8, 4) is 22.4 Å². The molecule has 5 rings (SSSR count). The summed E-state index contributed by atoms with van der Waals surface area (Å²) in [5, 5.41) is 7.18. The van der Waals surface area contributed by atoms with Crippen LogP contribution in [-0.4, -0.2) is 71.3 Å². The van der Waals surface area contributed by atoms with E-state index in [2.05, 4.69) is 15.3 Å². The van der Waals surface area contributed by atoms with E-state index in [0.717, 1.165) is 46.9 Å². The van der Waals surface area contributed by atoms with Crippen molar-refractivity contribution in [3.05, 3.63) is 48.3 Å². The van der Waals surface area contributed by atoms with Crippen LogP contribution >= 0.6 is 0 Å². The van der Waals surface area contributed by atoms with Gasteiger partial charge < -0.3 is 19.9 Å². The summed E-state index contributed by atoms with van der Waals surface area (Å²) in [6.07, 6.45) is -1.04. The molecule has 2 aliphatic rings. The molecule has 2 aliphatic heterocycles. The molecule has 11 heteroatoms. The van der Waals surface area contributed by atoms with Crippen LogP contribution in [0.2, 0.25) is 0 Å². The highest BCUT2D eigenvalue weighted by Crippen LogP contribution is 2.34. The number of halogens is 3. The molecular weight excluding hydrogens is 497 g/mol. The Labute approximate surface area is 219 Å². The molecule has 0 bridgehead atoms. The lowest BCUT2D eigenvalue weighted by Crippen LogP contribution is -2.36. The summed E-state index contributed by atoms with van der Waals surface area (Å²) in [6, 6.07) is 9.32. The number of morpholine rings is 1. The van der Waals surface area contributed by atoms with Gasteiger partial charge in [0.1, 0.15) is 5.82 Å². The van der Waals surface area contributed by atoms with Crippen LogP contribution in [0.4, 0.5) is 29.5 Å². The van der Waals surface area contributed by atoms with E-state index in [-0.39, 0.29) is 12.6 Å². The Morgan fingerprint density at radius 3 is 2.63 bits per heavy atom. The van der Waals surface area contributed by atoms with Gasteiger partial charge in [-0.3, -0.25) is 4.68 Å². The number of urea groups is 1. The van der Waals surface area contributed by atoms with Gasteiger partial charge in [0, 0.05) is 57.1 Å². The third kappa shape index (κ3) is 6.09. The fraction of sp³-hybridized carbons (Fsp3) is 0.444. The maximum absolute atomic E-state index is 12.9. The standard InChI is InChI=1S/C27H31F3N6O2/c1-18-3-4-22(32-26(37)36-6-5-19(16-36)14-27(28,29)30)13-23(18)20-11-24(21-15-31-34(2)17-21)33-25(12-20)35-7-9-38-10-8-35/h3-4,11-13,15,17,19H,5-10,14,16H2,1-2H3,(H,32,37)/t19-/m0/s1. The molecule has 2 saturated heterocycles. The van der Waals surface area contributed by atoms with E-state index in [1.165, 1.54) is 4.90 Å². The number of ether oxygens (including phenoxy) is 1. The molecule has 0 unspecified atom stereocenters. The number of rotatable bonds is 5. The number of hydrogen-bond acceptors (Lipinski definition) is 5. The number of carbonyl (C=O) groups excluding carboxylic acids is 1. The summed E-state index contributed by atoms with van der Waals surface area (Å²) in [4.78, 5) is 21.4. The smallest absolute Gasteiger partial charge is 0.378 e. The van der Waals surface area contributed by atoms with Crippen LogP contribution in [0.1, 0.15) is 18.4 Å². The number of nitrogens with one attached hydrogen (secondary N) is 1. The average molecular weight is 529 g/mol. The van der Waals surface area contributed by atoms with Gasteiger partial charge in [0.15, 0.2) is 0 Å². The Kier molecular flexibility index (Phi) is 7.29. The van der Waals surface area contributed by atoms with Gasteiger partial charge in [-0.15, -0.1) is 0 Å². The molecular formula is C27H31F3N6O2. The molecule has 202 valence electrons. The molecule has 0 radical (unpaired) electrons.